The van der Waals surface area contributed by atoms with E-state index < -0.39 is 0 Å². The van der Waals surface area contributed by atoms with Gasteiger partial charge in [0.2, 0.25) is 0 Å². The zero-order valence-corrected chi connectivity index (χ0v) is 10.7. The summed E-state index contributed by atoms with van der Waals surface area (Å²) in [6, 6.07) is 4.80. The first-order chi connectivity index (χ1) is 8.84. The normalized spacial score (nSPS) is 24.6. The lowest BCUT2D eigenvalue weighted by Crippen LogP contribution is -2.36. The molecule has 1 amide bonds. The Hall–Kier alpha value is -1.29. The topological polar surface area (TPSA) is 46.1 Å². The molecule has 0 radical (unpaired) electrons. The Balaban J connectivity index is 1.64. The molecule has 4 heteroatoms. The lowest BCUT2D eigenvalue weighted by Gasteiger charge is -2.16. The third-order valence-electron chi connectivity index (χ3n) is 3.86. The van der Waals surface area contributed by atoms with E-state index in [1.807, 2.05) is 18.3 Å². The van der Waals surface area contributed by atoms with Gasteiger partial charge in [0.1, 0.15) is 5.69 Å². The van der Waals surface area contributed by atoms with E-state index in [4.69, 9.17) is 0 Å². The third-order valence-corrected chi connectivity index (χ3v) is 3.86. The first-order valence-corrected chi connectivity index (χ1v) is 7.03. The molecule has 1 aromatic heterocycles. The molecule has 2 heterocycles. The van der Waals surface area contributed by atoms with Crippen molar-refractivity contribution in [2.45, 2.75) is 44.2 Å². The van der Waals surface area contributed by atoms with Crippen LogP contribution >= 0.6 is 0 Å². The molecular weight excluding hydrogens is 226 g/mol. The fourth-order valence-corrected chi connectivity index (χ4v) is 2.68. The van der Waals surface area contributed by atoms with Gasteiger partial charge in [-0.25, -0.2) is 0 Å². The zero-order chi connectivity index (χ0) is 12.4. The summed E-state index contributed by atoms with van der Waals surface area (Å²) in [4.78, 5) is 12.3. The van der Waals surface area contributed by atoms with Gasteiger partial charge in [0.05, 0.1) is 0 Å². The van der Waals surface area contributed by atoms with Gasteiger partial charge in [-0.15, -0.1) is 0 Å². The Labute approximate surface area is 108 Å². The molecule has 1 aliphatic carbocycles. The molecule has 4 nitrogen and oxygen atoms in total. The monoisotopic (exact) mass is 247 g/mol. The van der Waals surface area contributed by atoms with Crippen LogP contribution in [0, 0.1) is 0 Å². The Kier molecular flexibility index (Phi) is 3.37. The average molecular weight is 247 g/mol. The van der Waals surface area contributed by atoms with Crippen LogP contribution in [0.3, 0.4) is 0 Å². The lowest BCUT2D eigenvalue weighted by atomic mass is 10.1. The quantitative estimate of drug-likeness (QED) is 0.854. The summed E-state index contributed by atoms with van der Waals surface area (Å²) in [5.41, 5.74) is 0.828. The molecule has 2 N–H and O–H groups in total. The van der Waals surface area contributed by atoms with Crippen molar-refractivity contribution in [3.63, 3.8) is 0 Å². The predicted molar refractivity (Wildman–Crippen MR) is 70.7 cm³/mol. The van der Waals surface area contributed by atoms with E-state index in [1.165, 1.54) is 12.8 Å². The van der Waals surface area contributed by atoms with Gasteiger partial charge in [-0.2, -0.15) is 0 Å². The molecule has 98 valence electrons. The summed E-state index contributed by atoms with van der Waals surface area (Å²) in [5.74, 6) is 0.0961. The molecule has 18 heavy (non-hydrogen) atoms. The van der Waals surface area contributed by atoms with Crippen molar-refractivity contribution >= 4 is 5.91 Å². The van der Waals surface area contributed by atoms with Gasteiger partial charge in [0, 0.05) is 18.3 Å². The first kappa shape index (κ1) is 11.8. The number of aromatic nitrogens is 1. The van der Waals surface area contributed by atoms with E-state index >= 15 is 0 Å². The third kappa shape index (κ3) is 2.58. The Bertz CT molecular complexity index is 414. The SMILES string of the molecule is O=C(NC1CCCNCC1)c1cccn1C1CC1. The van der Waals surface area contributed by atoms with Crippen molar-refractivity contribution in [2.24, 2.45) is 0 Å². The van der Waals surface area contributed by atoms with Gasteiger partial charge < -0.3 is 15.2 Å². The Morgan fingerprint density at radius 3 is 3.00 bits per heavy atom. The van der Waals surface area contributed by atoms with Crippen molar-refractivity contribution in [3.05, 3.63) is 24.0 Å². The summed E-state index contributed by atoms with van der Waals surface area (Å²) >= 11 is 0. The van der Waals surface area contributed by atoms with E-state index in [2.05, 4.69) is 15.2 Å². The molecule has 2 aliphatic rings. The molecule has 1 saturated carbocycles. The number of hydrogen-bond donors (Lipinski definition) is 2. The van der Waals surface area contributed by atoms with Crippen molar-refractivity contribution in [1.29, 1.82) is 0 Å². The molecule has 0 aromatic carbocycles. The van der Waals surface area contributed by atoms with E-state index in [-0.39, 0.29) is 5.91 Å². The van der Waals surface area contributed by atoms with Crippen LogP contribution in [0.5, 0.6) is 0 Å². The first-order valence-electron chi connectivity index (χ1n) is 7.03. The molecule has 1 atom stereocenters. The predicted octanol–water partition coefficient (Wildman–Crippen LogP) is 1.69. The van der Waals surface area contributed by atoms with E-state index in [9.17, 15) is 4.79 Å². The Morgan fingerprint density at radius 1 is 1.28 bits per heavy atom. The maximum Gasteiger partial charge on any atom is 0.268 e. The molecule has 1 aromatic rings. The number of nitrogens with one attached hydrogen (secondary N) is 2. The van der Waals surface area contributed by atoms with Crippen LogP contribution in [0.1, 0.15) is 48.6 Å². The Morgan fingerprint density at radius 2 is 2.17 bits per heavy atom. The van der Waals surface area contributed by atoms with Gasteiger partial charge in [-0.1, -0.05) is 0 Å². The molecule has 0 spiro atoms. The summed E-state index contributed by atoms with van der Waals surface area (Å²) in [6.45, 7) is 2.08. The van der Waals surface area contributed by atoms with E-state index in [1.54, 1.807) is 0 Å². The van der Waals surface area contributed by atoms with E-state index in [0.717, 1.165) is 38.0 Å². The van der Waals surface area contributed by atoms with Gasteiger partial charge in [-0.3, -0.25) is 4.79 Å². The fourth-order valence-electron chi connectivity index (χ4n) is 2.68. The second-order valence-corrected chi connectivity index (χ2v) is 5.38. The second kappa shape index (κ2) is 5.14. The number of amides is 1. The van der Waals surface area contributed by atoms with Gasteiger partial charge >= 0.3 is 0 Å². The van der Waals surface area contributed by atoms with Crippen LogP contribution in [0.25, 0.3) is 0 Å². The maximum atomic E-state index is 12.3. The number of hydrogen-bond acceptors (Lipinski definition) is 2. The van der Waals surface area contributed by atoms with Crippen molar-refractivity contribution in [3.8, 4) is 0 Å². The van der Waals surface area contributed by atoms with Crippen molar-refractivity contribution in [2.75, 3.05) is 13.1 Å². The smallest absolute Gasteiger partial charge is 0.268 e. The van der Waals surface area contributed by atoms with Crippen LogP contribution in [0.15, 0.2) is 18.3 Å². The van der Waals surface area contributed by atoms with Crippen molar-refractivity contribution in [1.82, 2.24) is 15.2 Å². The molecule has 2 fully saturated rings. The summed E-state index contributed by atoms with van der Waals surface area (Å²) < 4.78 is 2.13. The summed E-state index contributed by atoms with van der Waals surface area (Å²) in [5, 5.41) is 6.55. The van der Waals surface area contributed by atoms with Crippen LogP contribution in [0.2, 0.25) is 0 Å². The summed E-state index contributed by atoms with van der Waals surface area (Å²) in [6.07, 6.45) is 7.72. The van der Waals surface area contributed by atoms with Gasteiger partial charge in [-0.05, 0) is 57.3 Å². The highest BCUT2D eigenvalue weighted by Crippen LogP contribution is 2.36. The molecular formula is C14H21N3O. The van der Waals surface area contributed by atoms with Crippen LogP contribution in [-0.2, 0) is 0 Å². The highest BCUT2D eigenvalue weighted by Gasteiger charge is 2.27. The minimum absolute atomic E-state index is 0.0961. The van der Waals surface area contributed by atoms with Crippen molar-refractivity contribution < 1.29 is 4.79 Å². The standard InChI is InChI=1S/C14H21N3O/c18-14(16-11-3-1-8-15-9-7-11)13-4-2-10-17(13)12-5-6-12/h2,4,10-12,15H,1,3,5-9H2,(H,16,18). The van der Waals surface area contributed by atoms with Gasteiger partial charge in [0.15, 0.2) is 0 Å². The number of carbonyl (C=O) groups is 1. The average Bonchev–Trinajstić information content (AvgIpc) is 3.14. The summed E-state index contributed by atoms with van der Waals surface area (Å²) in [7, 11) is 0. The number of rotatable bonds is 3. The minimum atomic E-state index is 0.0961. The molecule has 0 bridgehead atoms. The second-order valence-electron chi connectivity index (χ2n) is 5.38. The largest absolute Gasteiger partial charge is 0.348 e. The number of carbonyl (C=O) groups excluding carboxylic acids is 1. The molecule has 1 saturated heterocycles. The molecule has 1 aliphatic heterocycles. The zero-order valence-electron chi connectivity index (χ0n) is 10.7. The van der Waals surface area contributed by atoms with Gasteiger partial charge in [0.25, 0.3) is 5.91 Å². The highest BCUT2D eigenvalue weighted by molar-refractivity contribution is 5.93. The van der Waals surface area contributed by atoms with Crippen LogP contribution in [0.4, 0.5) is 0 Å². The maximum absolute atomic E-state index is 12.3. The minimum Gasteiger partial charge on any atom is -0.348 e. The molecule has 1 unspecified atom stereocenters. The van der Waals surface area contributed by atoms with Crippen LogP contribution < -0.4 is 10.6 Å². The van der Waals surface area contributed by atoms with Crippen LogP contribution in [-0.4, -0.2) is 29.6 Å². The molecule has 3 rings (SSSR count). The van der Waals surface area contributed by atoms with E-state index in [0.29, 0.717) is 12.1 Å². The highest BCUT2D eigenvalue weighted by atomic mass is 16.2. The fraction of sp³-hybridized carbons (Fsp3) is 0.643. The number of nitrogens with zero attached hydrogens (tertiary/aromatic N) is 1. The lowest BCUT2D eigenvalue weighted by molar-refractivity contribution is 0.0924.